The molecule has 0 saturated heterocycles. The van der Waals surface area contributed by atoms with Crippen LogP contribution in [0.15, 0.2) is 17.7 Å². The van der Waals surface area contributed by atoms with Gasteiger partial charge in [-0.1, -0.05) is 12.2 Å². The van der Waals surface area contributed by atoms with Crippen molar-refractivity contribution in [2.45, 2.75) is 6.18 Å². The molecule has 0 atom stereocenters. The van der Waals surface area contributed by atoms with Crippen molar-refractivity contribution in [2.75, 3.05) is 0 Å². The normalized spacial score (nSPS) is 12.0. The Morgan fingerprint density at radius 1 is 1.37 bits per heavy atom. The van der Waals surface area contributed by atoms with E-state index >= 15 is 0 Å². The van der Waals surface area contributed by atoms with E-state index in [-0.39, 0.29) is 16.1 Å². The summed E-state index contributed by atoms with van der Waals surface area (Å²) in [7, 11) is 0. The molecule has 0 spiro atoms. The Hall–Kier alpha value is -2.27. The Kier molecular flexibility index (Phi) is 4.01. The second-order valence-corrected chi connectivity index (χ2v) is 3.91. The third kappa shape index (κ3) is 3.35. The van der Waals surface area contributed by atoms with Gasteiger partial charge in [0.2, 0.25) is 0 Å². The maximum absolute atomic E-state index is 12.6. The van der Waals surface area contributed by atoms with E-state index in [9.17, 15) is 18.3 Å². The van der Waals surface area contributed by atoms with Gasteiger partial charge in [0.05, 0.1) is 5.57 Å². The molecular weight excluding hydrogens is 281 g/mol. The highest BCUT2D eigenvalue weighted by Gasteiger charge is 2.35. The first-order valence-corrected chi connectivity index (χ1v) is 5.12. The summed E-state index contributed by atoms with van der Waals surface area (Å²) in [5.74, 6) is -2.24. The van der Waals surface area contributed by atoms with E-state index in [4.69, 9.17) is 16.1 Å². The number of hydrogen-bond acceptors (Lipinski definition) is 4. The third-order valence-corrected chi connectivity index (χ3v) is 2.33. The minimum absolute atomic E-state index is 0.160. The molecule has 100 valence electrons. The number of phenolic OH excluding ortho intramolecular Hbond substituents is 2. The Morgan fingerprint density at radius 2 is 1.95 bits per heavy atom. The summed E-state index contributed by atoms with van der Waals surface area (Å²) >= 11 is 4.53. The molecule has 0 radical (unpaired) electrons. The summed E-state index contributed by atoms with van der Waals surface area (Å²) in [5, 5.41) is 27.1. The lowest BCUT2D eigenvalue weighted by Crippen LogP contribution is -2.10. The standard InChI is InChI=1S/C11H7F3N2O2S/c12-11(13,14)7-2-5(3-8(17)9(7)18)1-6(4-15)10(16)19/h1-3,17-18H,(H2,16,19). The quantitative estimate of drug-likeness (QED) is 0.336. The lowest BCUT2D eigenvalue weighted by Gasteiger charge is -2.11. The molecule has 0 aliphatic carbocycles. The van der Waals surface area contributed by atoms with E-state index in [0.29, 0.717) is 6.07 Å². The molecule has 0 unspecified atom stereocenters. The molecule has 0 saturated carbocycles. The fraction of sp³-hybridized carbons (Fsp3) is 0.0909. The molecule has 0 aromatic heterocycles. The second-order valence-electron chi connectivity index (χ2n) is 3.47. The van der Waals surface area contributed by atoms with Crippen LogP contribution in [0, 0.1) is 11.3 Å². The highest BCUT2D eigenvalue weighted by molar-refractivity contribution is 7.80. The molecule has 0 heterocycles. The number of nitrogens with zero attached hydrogens (tertiary/aromatic N) is 1. The van der Waals surface area contributed by atoms with Gasteiger partial charge in [-0.2, -0.15) is 18.4 Å². The summed E-state index contributed by atoms with van der Waals surface area (Å²) in [5.41, 5.74) is 3.40. The van der Waals surface area contributed by atoms with Crippen LogP contribution >= 0.6 is 12.2 Å². The number of nitriles is 1. The zero-order valence-corrected chi connectivity index (χ0v) is 10.0. The van der Waals surface area contributed by atoms with Crippen LogP contribution in [0.1, 0.15) is 11.1 Å². The molecule has 1 rings (SSSR count). The molecule has 4 N–H and O–H groups in total. The molecule has 0 aliphatic heterocycles. The van der Waals surface area contributed by atoms with Gasteiger partial charge in [0.25, 0.3) is 0 Å². The van der Waals surface area contributed by atoms with Gasteiger partial charge in [0.15, 0.2) is 11.5 Å². The number of halogens is 3. The van der Waals surface area contributed by atoms with Crippen molar-refractivity contribution >= 4 is 23.3 Å². The molecule has 1 aromatic carbocycles. The van der Waals surface area contributed by atoms with E-state index in [0.717, 1.165) is 12.1 Å². The van der Waals surface area contributed by atoms with Gasteiger partial charge in [0.1, 0.15) is 16.6 Å². The Bertz CT molecular complexity index is 603. The second kappa shape index (κ2) is 5.16. The van der Waals surface area contributed by atoms with Crippen molar-refractivity contribution in [3.8, 4) is 17.6 Å². The van der Waals surface area contributed by atoms with E-state index in [1.807, 2.05) is 0 Å². The fourth-order valence-corrected chi connectivity index (χ4v) is 1.37. The number of nitrogens with two attached hydrogens (primary N) is 1. The highest BCUT2D eigenvalue weighted by atomic mass is 32.1. The van der Waals surface area contributed by atoms with Crippen LogP contribution < -0.4 is 5.73 Å². The van der Waals surface area contributed by atoms with Gasteiger partial charge < -0.3 is 15.9 Å². The molecule has 0 aliphatic rings. The van der Waals surface area contributed by atoms with Gasteiger partial charge in [0, 0.05) is 0 Å². The number of benzene rings is 1. The third-order valence-electron chi connectivity index (χ3n) is 2.11. The maximum Gasteiger partial charge on any atom is 0.420 e. The van der Waals surface area contributed by atoms with Crippen molar-refractivity contribution in [1.82, 2.24) is 0 Å². The van der Waals surface area contributed by atoms with Gasteiger partial charge >= 0.3 is 6.18 Å². The number of thiocarbonyl (C=S) groups is 1. The molecule has 4 nitrogen and oxygen atoms in total. The van der Waals surface area contributed by atoms with Crippen LogP contribution in [-0.4, -0.2) is 15.2 Å². The molecule has 0 bridgehead atoms. The number of aromatic hydroxyl groups is 2. The summed E-state index contributed by atoms with van der Waals surface area (Å²) in [6, 6.07) is 3.05. The molecular formula is C11H7F3N2O2S. The Morgan fingerprint density at radius 3 is 2.37 bits per heavy atom. The zero-order valence-electron chi connectivity index (χ0n) is 9.19. The average Bonchev–Trinajstić information content (AvgIpc) is 2.28. The minimum atomic E-state index is -4.85. The summed E-state index contributed by atoms with van der Waals surface area (Å²) in [6.07, 6.45) is -3.86. The van der Waals surface area contributed by atoms with Gasteiger partial charge in [-0.15, -0.1) is 0 Å². The van der Waals surface area contributed by atoms with Crippen LogP contribution in [0.5, 0.6) is 11.5 Å². The van der Waals surface area contributed by atoms with Gasteiger partial charge in [-0.05, 0) is 23.8 Å². The molecule has 0 amide bonds. The predicted octanol–water partition coefficient (Wildman–Crippen LogP) is 2.31. The lowest BCUT2D eigenvalue weighted by molar-refractivity contribution is -0.138. The maximum atomic E-state index is 12.6. The van der Waals surface area contributed by atoms with E-state index < -0.39 is 23.2 Å². The van der Waals surface area contributed by atoms with Crippen molar-refractivity contribution in [3.05, 3.63) is 28.8 Å². The number of hydrogen-bond donors (Lipinski definition) is 3. The first-order valence-electron chi connectivity index (χ1n) is 4.71. The molecule has 8 heteroatoms. The van der Waals surface area contributed by atoms with Crippen LogP contribution in [0.3, 0.4) is 0 Å². The SMILES string of the molecule is N#CC(=Cc1cc(O)c(O)c(C(F)(F)F)c1)C(N)=S. The van der Waals surface area contributed by atoms with Crippen molar-refractivity contribution < 1.29 is 23.4 Å². The summed E-state index contributed by atoms with van der Waals surface area (Å²) in [6.45, 7) is 0. The number of phenols is 2. The first kappa shape index (κ1) is 14.8. The van der Waals surface area contributed by atoms with Crippen LogP contribution in [0.2, 0.25) is 0 Å². The van der Waals surface area contributed by atoms with Crippen molar-refractivity contribution in [1.29, 1.82) is 5.26 Å². The molecule has 0 fully saturated rings. The number of alkyl halides is 3. The van der Waals surface area contributed by atoms with Crippen LogP contribution in [-0.2, 0) is 6.18 Å². The van der Waals surface area contributed by atoms with Crippen LogP contribution in [0.4, 0.5) is 13.2 Å². The lowest BCUT2D eigenvalue weighted by atomic mass is 10.1. The monoisotopic (exact) mass is 288 g/mol. The van der Waals surface area contributed by atoms with Crippen molar-refractivity contribution in [3.63, 3.8) is 0 Å². The van der Waals surface area contributed by atoms with E-state index in [1.165, 1.54) is 0 Å². The fourth-order valence-electron chi connectivity index (χ4n) is 1.27. The molecule has 19 heavy (non-hydrogen) atoms. The van der Waals surface area contributed by atoms with Crippen LogP contribution in [0.25, 0.3) is 6.08 Å². The average molecular weight is 288 g/mol. The topological polar surface area (TPSA) is 90.3 Å². The Labute approximate surface area is 111 Å². The van der Waals surface area contributed by atoms with E-state index in [2.05, 4.69) is 12.2 Å². The van der Waals surface area contributed by atoms with Crippen molar-refractivity contribution in [2.24, 2.45) is 5.73 Å². The first-order chi connectivity index (χ1) is 8.66. The predicted molar refractivity (Wildman–Crippen MR) is 65.1 cm³/mol. The summed E-state index contributed by atoms with van der Waals surface area (Å²) in [4.78, 5) is -0.288. The van der Waals surface area contributed by atoms with E-state index in [1.54, 1.807) is 6.07 Å². The molecule has 1 aromatic rings. The Balaban J connectivity index is 3.46. The minimum Gasteiger partial charge on any atom is -0.504 e. The van der Waals surface area contributed by atoms with Gasteiger partial charge in [-0.25, -0.2) is 0 Å². The zero-order chi connectivity index (χ0) is 14.8. The largest absolute Gasteiger partial charge is 0.504 e. The number of rotatable bonds is 2. The summed E-state index contributed by atoms with van der Waals surface area (Å²) < 4.78 is 37.7. The highest BCUT2D eigenvalue weighted by Crippen LogP contribution is 2.41. The smallest absolute Gasteiger partial charge is 0.420 e. The van der Waals surface area contributed by atoms with Gasteiger partial charge in [-0.3, -0.25) is 0 Å².